The predicted molar refractivity (Wildman–Crippen MR) is 116 cm³/mol. The lowest BCUT2D eigenvalue weighted by Crippen LogP contribution is -2.33. The van der Waals surface area contributed by atoms with Gasteiger partial charge in [0.25, 0.3) is 0 Å². The Morgan fingerprint density at radius 3 is 2.73 bits per heavy atom. The maximum atomic E-state index is 12.3. The summed E-state index contributed by atoms with van der Waals surface area (Å²) in [4.78, 5) is 18.8. The molecule has 154 valence electrons. The Morgan fingerprint density at radius 2 is 2.00 bits per heavy atom. The molecule has 1 fully saturated rings. The molecule has 0 bridgehead atoms. The molecule has 1 aliphatic heterocycles. The molecular weight excluding hydrogens is 400 g/mol. The minimum atomic E-state index is -0.404. The van der Waals surface area contributed by atoms with Gasteiger partial charge in [-0.15, -0.1) is 0 Å². The van der Waals surface area contributed by atoms with Crippen molar-refractivity contribution >= 4 is 23.3 Å². The standard InChI is InChI=1S/C22H22N4O3S/c1-29-21(28)15-7-2-3-9-17(15)25-12-6-10-18(25)20-19(16-8-4-5-11-23-16)24-22(30)26(20)13-14-27/h2-12,19-20,27H,13-14H2,1H3,(H,24,30)/t19-,20-/m1/s1. The van der Waals surface area contributed by atoms with E-state index >= 15 is 0 Å². The molecule has 1 aliphatic rings. The number of rotatable bonds is 6. The monoisotopic (exact) mass is 422 g/mol. The van der Waals surface area contributed by atoms with Gasteiger partial charge >= 0.3 is 5.97 Å². The van der Waals surface area contributed by atoms with Gasteiger partial charge in [0.1, 0.15) is 0 Å². The molecule has 2 atom stereocenters. The number of methoxy groups -OCH3 is 1. The summed E-state index contributed by atoms with van der Waals surface area (Å²) in [5.74, 6) is -0.404. The molecule has 0 amide bonds. The number of esters is 1. The smallest absolute Gasteiger partial charge is 0.339 e. The average molecular weight is 423 g/mol. The van der Waals surface area contributed by atoms with E-state index in [1.807, 2.05) is 58.1 Å². The van der Waals surface area contributed by atoms with E-state index in [-0.39, 0.29) is 18.7 Å². The van der Waals surface area contributed by atoms with Gasteiger partial charge in [0, 0.05) is 24.6 Å². The number of para-hydroxylation sites is 1. The second-order valence-electron chi connectivity index (χ2n) is 6.86. The highest BCUT2D eigenvalue weighted by atomic mass is 32.1. The van der Waals surface area contributed by atoms with Crippen molar-refractivity contribution in [1.29, 1.82) is 0 Å². The van der Waals surface area contributed by atoms with Crippen molar-refractivity contribution in [3.63, 3.8) is 0 Å². The lowest BCUT2D eigenvalue weighted by atomic mass is 10.0. The Balaban J connectivity index is 1.84. The third kappa shape index (κ3) is 3.55. The number of aliphatic hydroxyl groups is 1. The Kier molecular flexibility index (Phi) is 5.78. The number of nitrogens with one attached hydrogen (secondary N) is 1. The highest BCUT2D eigenvalue weighted by molar-refractivity contribution is 7.80. The van der Waals surface area contributed by atoms with Gasteiger partial charge in [-0.25, -0.2) is 4.79 Å². The molecule has 7 nitrogen and oxygen atoms in total. The van der Waals surface area contributed by atoms with Crippen molar-refractivity contribution in [3.8, 4) is 5.69 Å². The fraction of sp³-hybridized carbons (Fsp3) is 0.227. The average Bonchev–Trinajstić information content (AvgIpc) is 3.38. The van der Waals surface area contributed by atoms with Crippen molar-refractivity contribution in [1.82, 2.24) is 19.8 Å². The van der Waals surface area contributed by atoms with Crippen LogP contribution in [-0.2, 0) is 4.74 Å². The van der Waals surface area contributed by atoms with Gasteiger partial charge in [-0.05, 0) is 48.6 Å². The fourth-order valence-electron chi connectivity index (χ4n) is 3.90. The van der Waals surface area contributed by atoms with E-state index in [1.54, 1.807) is 18.3 Å². The van der Waals surface area contributed by atoms with E-state index in [1.165, 1.54) is 7.11 Å². The number of benzene rings is 1. The number of aliphatic hydroxyl groups excluding tert-OH is 1. The minimum Gasteiger partial charge on any atom is -0.465 e. The van der Waals surface area contributed by atoms with E-state index in [0.29, 0.717) is 22.9 Å². The number of thiocarbonyl (C=S) groups is 1. The number of carbonyl (C=O) groups excluding carboxylic acids is 1. The summed E-state index contributed by atoms with van der Waals surface area (Å²) in [7, 11) is 1.37. The zero-order chi connectivity index (χ0) is 21.1. The summed E-state index contributed by atoms with van der Waals surface area (Å²) in [6.45, 7) is 0.344. The van der Waals surface area contributed by atoms with Gasteiger partial charge in [0.2, 0.25) is 0 Å². The van der Waals surface area contributed by atoms with Crippen LogP contribution in [0.5, 0.6) is 0 Å². The van der Waals surface area contributed by atoms with Crippen molar-refractivity contribution in [2.45, 2.75) is 12.1 Å². The highest BCUT2D eigenvalue weighted by Crippen LogP contribution is 2.39. The van der Waals surface area contributed by atoms with Crippen LogP contribution in [0.25, 0.3) is 5.69 Å². The third-order valence-electron chi connectivity index (χ3n) is 5.19. The number of β-amino-alcohol motifs (C(OH)–C–C–N with tert-alkyl or cyclic N) is 1. The number of pyridine rings is 1. The van der Waals surface area contributed by atoms with Crippen molar-refractivity contribution in [2.24, 2.45) is 0 Å². The summed E-state index contributed by atoms with van der Waals surface area (Å²) in [5, 5.41) is 13.5. The summed E-state index contributed by atoms with van der Waals surface area (Å²) in [5.41, 5.74) is 2.95. The van der Waals surface area contributed by atoms with Gasteiger partial charge in [-0.2, -0.15) is 0 Å². The molecular formula is C22H22N4O3S. The molecule has 2 aromatic heterocycles. The lowest BCUT2D eigenvalue weighted by Gasteiger charge is -2.28. The van der Waals surface area contributed by atoms with Crippen LogP contribution in [0, 0.1) is 0 Å². The van der Waals surface area contributed by atoms with Crippen LogP contribution < -0.4 is 5.32 Å². The molecule has 3 aromatic rings. The number of hydrogen-bond donors (Lipinski definition) is 2. The molecule has 0 spiro atoms. The van der Waals surface area contributed by atoms with Crippen LogP contribution in [0.4, 0.5) is 0 Å². The summed E-state index contributed by atoms with van der Waals surface area (Å²) in [6.07, 6.45) is 3.66. The number of carbonyl (C=O) groups is 1. The van der Waals surface area contributed by atoms with Crippen LogP contribution in [0.3, 0.4) is 0 Å². The molecule has 0 radical (unpaired) electrons. The SMILES string of the molecule is COC(=O)c1ccccc1-n1cccc1[C@@H]1[C@@H](c2ccccn2)NC(=S)N1CCO. The summed E-state index contributed by atoms with van der Waals surface area (Å²) >= 11 is 5.57. The number of nitrogens with zero attached hydrogens (tertiary/aromatic N) is 3. The molecule has 2 N–H and O–H groups in total. The zero-order valence-corrected chi connectivity index (χ0v) is 17.2. The maximum Gasteiger partial charge on any atom is 0.339 e. The first-order valence-electron chi connectivity index (χ1n) is 9.59. The normalized spacial score (nSPS) is 18.3. The van der Waals surface area contributed by atoms with E-state index in [4.69, 9.17) is 17.0 Å². The van der Waals surface area contributed by atoms with Crippen LogP contribution in [0.1, 0.15) is 33.8 Å². The van der Waals surface area contributed by atoms with Gasteiger partial charge in [0.05, 0.1) is 42.7 Å². The van der Waals surface area contributed by atoms with Gasteiger partial charge in [-0.3, -0.25) is 4.98 Å². The van der Waals surface area contributed by atoms with Crippen LogP contribution in [-0.4, -0.2) is 50.9 Å². The van der Waals surface area contributed by atoms with Gasteiger partial charge < -0.3 is 24.6 Å². The van der Waals surface area contributed by atoms with E-state index in [9.17, 15) is 9.90 Å². The molecule has 4 rings (SSSR count). The van der Waals surface area contributed by atoms with Gasteiger partial charge in [0.15, 0.2) is 5.11 Å². The molecule has 0 aliphatic carbocycles. The number of ether oxygens (including phenoxy) is 1. The highest BCUT2D eigenvalue weighted by Gasteiger charge is 2.41. The molecule has 8 heteroatoms. The minimum absolute atomic E-state index is 0.0350. The van der Waals surface area contributed by atoms with E-state index in [2.05, 4.69) is 10.3 Å². The largest absolute Gasteiger partial charge is 0.465 e. The number of hydrogen-bond acceptors (Lipinski definition) is 5. The van der Waals surface area contributed by atoms with Crippen LogP contribution in [0.2, 0.25) is 0 Å². The van der Waals surface area contributed by atoms with Crippen molar-refractivity contribution < 1.29 is 14.6 Å². The first-order valence-corrected chi connectivity index (χ1v) is 10.0. The zero-order valence-electron chi connectivity index (χ0n) is 16.4. The molecule has 1 aromatic carbocycles. The Bertz CT molecular complexity index is 1050. The first-order chi connectivity index (χ1) is 14.7. The van der Waals surface area contributed by atoms with Crippen LogP contribution in [0.15, 0.2) is 67.0 Å². The van der Waals surface area contributed by atoms with E-state index in [0.717, 1.165) is 11.4 Å². The van der Waals surface area contributed by atoms with Crippen molar-refractivity contribution in [3.05, 3.63) is 83.9 Å². The Labute approximate surface area is 179 Å². The third-order valence-corrected chi connectivity index (χ3v) is 5.54. The molecule has 30 heavy (non-hydrogen) atoms. The Hall–Kier alpha value is -3.23. The molecule has 3 heterocycles. The second-order valence-corrected chi connectivity index (χ2v) is 7.24. The Morgan fingerprint density at radius 1 is 1.20 bits per heavy atom. The topological polar surface area (TPSA) is 79.6 Å². The maximum absolute atomic E-state index is 12.3. The second kappa shape index (κ2) is 8.64. The molecule has 1 saturated heterocycles. The predicted octanol–water partition coefficient (Wildman–Crippen LogP) is 2.62. The summed E-state index contributed by atoms with van der Waals surface area (Å²) < 4.78 is 6.93. The molecule has 0 saturated carbocycles. The first kappa shape index (κ1) is 20.1. The number of aromatic nitrogens is 2. The molecule has 0 unspecified atom stereocenters. The van der Waals surface area contributed by atoms with Crippen molar-refractivity contribution in [2.75, 3.05) is 20.3 Å². The van der Waals surface area contributed by atoms with E-state index < -0.39 is 5.97 Å². The lowest BCUT2D eigenvalue weighted by molar-refractivity contribution is 0.0600. The summed E-state index contributed by atoms with van der Waals surface area (Å²) in [6, 6.07) is 16.6. The quantitative estimate of drug-likeness (QED) is 0.467. The fourth-order valence-corrected chi connectivity index (χ4v) is 4.23. The van der Waals surface area contributed by atoms with Gasteiger partial charge in [-0.1, -0.05) is 18.2 Å². The van der Waals surface area contributed by atoms with Crippen LogP contribution >= 0.6 is 12.2 Å².